The Morgan fingerprint density at radius 3 is 2.89 bits per heavy atom. The molecule has 5 heteroatoms. The van der Waals surface area contributed by atoms with E-state index in [4.69, 9.17) is 4.74 Å². The summed E-state index contributed by atoms with van der Waals surface area (Å²) in [6, 6.07) is 5.24. The quantitative estimate of drug-likeness (QED) is 0.841. The lowest BCUT2D eigenvalue weighted by Crippen LogP contribution is -2.40. The minimum Gasteiger partial charge on any atom is -0.497 e. The molecule has 0 unspecified atom stereocenters. The third-order valence-electron chi connectivity index (χ3n) is 2.94. The first-order valence-electron chi connectivity index (χ1n) is 5.76. The highest BCUT2D eigenvalue weighted by Gasteiger charge is 2.24. The second-order valence-corrected chi connectivity index (χ2v) is 5.07. The van der Waals surface area contributed by atoms with Crippen LogP contribution in [0.15, 0.2) is 22.7 Å². The van der Waals surface area contributed by atoms with Gasteiger partial charge >= 0.3 is 0 Å². The summed E-state index contributed by atoms with van der Waals surface area (Å²) >= 11 is 3.35. The van der Waals surface area contributed by atoms with Crippen LogP contribution in [-0.4, -0.2) is 36.8 Å². The minimum absolute atomic E-state index is 0.119. The van der Waals surface area contributed by atoms with Gasteiger partial charge < -0.3 is 9.64 Å². The van der Waals surface area contributed by atoms with Gasteiger partial charge in [0.1, 0.15) is 5.75 Å². The standard InChI is InChI=1S/C13H14BrNO3/c1-18-10-4-5-12(14)11(7-10)13(17)15-6-2-3-9(16)8-15/h4-5,7H,2-3,6,8H2,1H3. The number of ether oxygens (including phenoxy) is 1. The van der Waals surface area contributed by atoms with Gasteiger partial charge in [0.15, 0.2) is 5.78 Å². The highest BCUT2D eigenvalue weighted by molar-refractivity contribution is 9.10. The number of likely N-dealkylation sites (tertiary alicyclic amines) is 1. The van der Waals surface area contributed by atoms with Gasteiger partial charge in [-0.3, -0.25) is 9.59 Å². The number of piperidine rings is 1. The zero-order chi connectivity index (χ0) is 13.1. The number of nitrogens with zero attached hydrogens (tertiary/aromatic N) is 1. The van der Waals surface area contributed by atoms with Gasteiger partial charge in [0.05, 0.1) is 19.2 Å². The van der Waals surface area contributed by atoms with Gasteiger partial charge in [0, 0.05) is 17.4 Å². The Kier molecular flexibility index (Phi) is 4.01. The molecule has 1 amide bonds. The van der Waals surface area contributed by atoms with E-state index in [1.165, 1.54) is 0 Å². The number of ketones is 1. The molecular weight excluding hydrogens is 298 g/mol. The number of hydrogen-bond acceptors (Lipinski definition) is 3. The van der Waals surface area contributed by atoms with E-state index >= 15 is 0 Å². The summed E-state index contributed by atoms with van der Waals surface area (Å²) in [5.74, 6) is 0.618. The normalized spacial score (nSPS) is 15.7. The zero-order valence-corrected chi connectivity index (χ0v) is 11.7. The number of hydrogen-bond donors (Lipinski definition) is 0. The summed E-state index contributed by atoms with van der Waals surface area (Å²) in [5, 5.41) is 0. The maximum Gasteiger partial charge on any atom is 0.255 e. The summed E-state index contributed by atoms with van der Waals surface area (Å²) in [5.41, 5.74) is 0.532. The van der Waals surface area contributed by atoms with Crippen molar-refractivity contribution in [2.75, 3.05) is 20.2 Å². The largest absolute Gasteiger partial charge is 0.497 e. The van der Waals surface area contributed by atoms with E-state index in [0.717, 1.165) is 6.42 Å². The van der Waals surface area contributed by atoms with Crippen LogP contribution in [0.1, 0.15) is 23.2 Å². The third kappa shape index (κ3) is 2.72. The molecule has 4 nitrogen and oxygen atoms in total. The van der Waals surface area contributed by atoms with E-state index < -0.39 is 0 Å². The Bertz CT molecular complexity index is 487. The van der Waals surface area contributed by atoms with Crippen LogP contribution >= 0.6 is 15.9 Å². The molecule has 0 aliphatic carbocycles. The Morgan fingerprint density at radius 1 is 1.44 bits per heavy atom. The Hall–Kier alpha value is -1.36. The van der Waals surface area contributed by atoms with Crippen molar-refractivity contribution in [1.82, 2.24) is 4.90 Å². The molecule has 0 aromatic heterocycles. The van der Waals surface area contributed by atoms with E-state index in [0.29, 0.717) is 28.8 Å². The molecule has 1 aromatic rings. The molecule has 1 aliphatic rings. The minimum atomic E-state index is -0.131. The first-order valence-corrected chi connectivity index (χ1v) is 6.55. The molecule has 1 aromatic carbocycles. The molecule has 0 radical (unpaired) electrons. The molecule has 0 spiro atoms. The number of halogens is 1. The molecule has 0 saturated carbocycles. The molecule has 1 heterocycles. The molecule has 0 N–H and O–H groups in total. The summed E-state index contributed by atoms with van der Waals surface area (Å²) in [6.45, 7) is 0.844. The molecule has 96 valence electrons. The lowest BCUT2D eigenvalue weighted by atomic mass is 10.1. The predicted octanol–water partition coefficient (Wildman–Crippen LogP) is 2.26. The van der Waals surface area contributed by atoms with Crippen LogP contribution in [0.3, 0.4) is 0 Å². The third-order valence-corrected chi connectivity index (χ3v) is 3.63. The van der Waals surface area contributed by atoms with Crippen molar-refractivity contribution in [3.8, 4) is 5.75 Å². The number of methoxy groups -OCH3 is 1. The summed E-state index contributed by atoms with van der Waals surface area (Å²) in [4.78, 5) is 25.3. The van der Waals surface area contributed by atoms with Crippen molar-refractivity contribution in [3.05, 3.63) is 28.2 Å². The number of carbonyl (C=O) groups is 2. The first-order chi connectivity index (χ1) is 8.61. The van der Waals surface area contributed by atoms with Crippen LogP contribution in [-0.2, 0) is 4.79 Å². The van der Waals surface area contributed by atoms with Crippen LogP contribution in [0.4, 0.5) is 0 Å². The van der Waals surface area contributed by atoms with Crippen molar-refractivity contribution in [1.29, 1.82) is 0 Å². The lowest BCUT2D eigenvalue weighted by Gasteiger charge is -2.26. The second kappa shape index (κ2) is 5.52. The van der Waals surface area contributed by atoms with Gasteiger partial charge in [-0.2, -0.15) is 0 Å². The predicted molar refractivity (Wildman–Crippen MR) is 70.8 cm³/mol. The molecule has 18 heavy (non-hydrogen) atoms. The monoisotopic (exact) mass is 311 g/mol. The number of rotatable bonds is 2. The van der Waals surface area contributed by atoms with Crippen LogP contribution in [0, 0.1) is 0 Å². The Morgan fingerprint density at radius 2 is 2.22 bits per heavy atom. The summed E-state index contributed by atoms with van der Waals surface area (Å²) in [6.07, 6.45) is 1.31. The van der Waals surface area contributed by atoms with E-state index in [9.17, 15) is 9.59 Å². The van der Waals surface area contributed by atoms with Gasteiger partial charge in [0.2, 0.25) is 0 Å². The number of Topliss-reactive ketones (excluding diaryl/α,β-unsaturated/α-hetero) is 1. The highest BCUT2D eigenvalue weighted by atomic mass is 79.9. The van der Waals surface area contributed by atoms with Crippen LogP contribution in [0.2, 0.25) is 0 Å². The number of carbonyl (C=O) groups excluding carboxylic acids is 2. The van der Waals surface area contributed by atoms with Crippen LogP contribution < -0.4 is 4.74 Å². The fourth-order valence-electron chi connectivity index (χ4n) is 1.98. The second-order valence-electron chi connectivity index (χ2n) is 4.21. The molecule has 0 atom stereocenters. The maximum absolute atomic E-state index is 12.3. The zero-order valence-electron chi connectivity index (χ0n) is 10.1. The number of amides is 1. The smallest absolute Gasteiger partial charge is 0.255 e. The molecule has 0 bridgehead atoms. The fraction of sp³-hybridized carbons (Fsp3) is 0.385. The Balaban J connectivity index is 2.24. The van der Waals surface area contributed by atoms with E-state index in [1.54, 1.807) is 30.2 Å². The molecular formula is C13H14BrNO3. The number of benzene rings is 1. The average Bonchev–Trinajstić information content (AvgIpc) is 2.38. The first kappa shape index (κ1) is 13.1. The van der Waals surface area contributed by atoms with Crippen molar-refractivity contribution < 1.29 is 14.3 Å². The SMILES string of the molecule is COc1ccc(Br)c(C(=O)N2CCCC(=O)C2)c1. The van der Waals surface area contributed by atoms with Crippen LogP contribution in [0.5, 0.6) is 5.75 Å². The van der Waals surface area contributed by atoms with Crippen molar-refractivity contribution in [3.63, 3.8) is 0 Å². The van der Waals surface area contributed by atoms with Gasteiger partial charge in [0.25, 0.3) is 5.91 Å². The Labute approximate surface area is 114 Å². The van der Waals surface area contributed by atoms with Crippen molar-refractivity contribution in [2.45, 2.75) is 12.8 Å². The molecule has 1 fully saturated rings. The van der Waals surface area contributed by atoms with Crippen molar-refractivity contribution in [2.24, 2.45) is 0 Å². The molecule has 1 saturated heterocycles. The van der Waals surface area contributed by atoms with Crippen LogP contribution in [0.25, 0.3) is 0 Å². The van der Waals surface area contributed by atoms with E-state index in [-0.39, 0.29) is 18.2 Å². The summed E-state index contributed by atoms with van der Waals surface area (Å²) < 4.78 is 5.82. The lowest BCUT2D eigenvalue weighted by molar-refractivity contribution is -0.121. The highest BCUT2D eigenvalue weighted by Crippen LogP contribution is 2.24. The average molecular weight is 312 g/mol. The van der Waals surface area contributed by atoms with Gasteiger partial charge in [-0.1, -0.05) is 0 Å². The van der Waals surface area contributed by atoms with E-state index in [1.807, 2.05) is 0 Å². The topological polar surface area (TPSA) is 46.6 Å². The van der Waals surface area contributed by atoms with Gasteiger partial charge in [-0.05, 0) is 40.5 Å². The van der Waals surface area contributed by atoms with E-state index in [2.05, 4.69) is 15.9 Å². The van der Waals surface area contributed by atoms with Gasteiger partial charge in [-0.15, -0.1) is 0 Å². The molecule has 1 aliphatic heterocycles. The molecule has 2 rings (SSSR count). The van der Waals surface area contributed by atoms with Gasteiger partial charge in [-0.25, -0.2) is 0 Å². The maximum atomic E-state index is 12.3. The van der Waals surface area contributed by atoms with Crippen molar-refractivity contribution >= 4 is 27.6 Å². The fourth-order valence-corrected chi connectivity index (χ4v) is 2.39. The summed E-state index contributed by atoms with van der Waals surface area (Å²) in [7, 11) is 1.56.